The minimum absolute atomic E-state index is 0.166. The highest BCUT2D eigenvalue weighted by atomic mass is 32.1. The van der Waals surface area contributed by atoms with Gasteiger partial charge in [0.2, 0.25) is 0 Å². The van der Waals surface area contributed by atoms with Crippen molar-refractivity contribution in [3.05, 3.63) is 45.9 Å². The molecule has 0 aliphatic heterocycles. The standard InChI is InChI=1S/C16H16N2O4S/c1-10(16(20)21)22-12-5-3-4-11(8-12)6-7-14-18-9-13(23-14)15(19)17-2/h3-10H,1-2H3,(H,17,19)(H,20,21). The highest BCUT2D eigenvalue weighted by Crippen LogP contribution is 2.19. The second-order valence-electron chi connectivity index (χ2n) is 4.65. The lowest BCUT2D eigenvalue weighted by Crippen LogP contribution is -2.22. The molecule has 0 aliphatic carbocycles. The largest absolute Gasteiger partial charge is 0.479 e. The molecule has 0 spiro atoms. The maximum absolute atomic E-state index is 11.5. The lowest BCUT2D eigenvalue weighted by molar-refractivity contribution is -0.144. The van der Waals surface area contributed by atoms with Crippen molar-refractivity contribution in [2.75, 3.05) is 7.05 Å². The first-order valence-electron chi connectivity index (χ1n) is 6.85. The van der Waals surface area contributed by atoms with Gasteiger partial charge in [-0.05, 0) is 30.7 Å². The zero-order chi connectivity index (χ0) is 16.8. The summed E-state index contributed by atoms with van der Waals surface area (Å²) in [6.07, 6.45) is 4.22. The number of hydrogen-bond donors (Lipinski definition) is 2. The molecule has 1 heterocycles. The molecular weight excluding hydrogens is 316 g/mol. The molecule has 0 saturated carbocycles. The van der Waals surface area contributed by atoms with E-state index in [4.69, 9.17) is 9.84 Å². The number of carbonyl (C=O) groups is 2. The molecule has 120 valence electrons. The number of nitrogens with zero attached hydrogens (tertiary/aromatic N) is 1. The average molecular weight is 332 g/mol. The van der Waals surface area contributed by atoms with Crippen LogP contribution in [0.3, 0.4) is 0 Å². The van der Waals surface area contributed by atoms with Gasteiger partial charge in [-0.3, -0.25) is 4.79 Å². The van der Waals surface area contributed by atoms with Crippen LogP contribution in [0.2, 0.25) is 0 Å². The number of carboxylic acids is 1. The second-order valence-corrected chi connectivity index (χ2v) is 5.71. The fourth-order valence-corrected chi connectivity index (χ4v) is 2.47. The van der Waals surface area contributed by atoms with Crippen molar-refractivity contribution in [2.45, 2.75) is 13.0 Å². The minimum atomic E-state index is -1.02. The highest BCUT2D eigenvalue weighted by Gasteiger charge is 2.12. The zero-order valence-electron chi connectivity index (χ0n) is 12.6. The molecule has 23 heavy (non-hydrogen) atoms. The fraction of sp³-hybridized carbons (Fsp3) is 0.188. The summed E-state index contributed by atoms with van der Waals surface area (Å²) >= 11 is 1.28. The molecule has 2 aromatic rings. The molecule has 0 bridgehead atoms. The van der Waals surface area contributed by atoms with Gasteiger partial charge >= 0.3 is 5.97 Å². The first kappa shape index (κ1) is 16.7. The molecule has 1 unspecified atom stereocenters. The summed E-state index contributed by atoms with van der Waals surface area (Å²) in [7, 11) is 1.57. The van der Waals surface area contributed by atoms with E-state index in [-0.39, 0.29) is 5.91 Å². The lowest BCUT2D eigenvalue weighted by atomic mass is 10.2. The van der Waals surface area contributed by atoms with E-state index in [1.165, 1.54) is 24.5 Å². The number of carboxylic acid groups (broad SMARTS) is 1. The Balaban J connectivity index is 2.09. The topological polar surface area (TPSA) is 88.5 Å². The first-order chi connectivity index (χ1) is 11.0. The van der Waals surface area contributed by atoms with Crippen LogP contribution < -0.4 is 10.1 Å². The number of hydrogen-bond acceptors (Lipinski definition) is 5. The number of nitrogens with one attached hydrogen (secondary N) is 1. The van der Waals surface area contributed by atoms with Crippen molar-refractivity contribution in [3.8, 4) is 5.75 Å². The van der Waals surface area contributed by atoms with Gasteiger partial charge in [0, 0.05) is 7.05 Å². The Morgan fingerprint density at radius 1 is 1.39 bits per heavy atom. The molecule has 0 radical (unpaired) electrons. The van der Waals surface area contributed by atoms with Crippen LogP contribution in [0.15, 0.2) is 30.5 Å². The van der Waals surface area contributed by atoms with E-state index >= 15 is 0 Å². The van der Waals surface area contributed by atoms with E-state index in [0.29, 0.717) is 15.6 Å². The van der Waals surface area contributed by atoms with Gasteiger partial charge in [0.1, 0.15) is 15.6 Å². The smallest absolute Gasteiger partial charge is 0.344 e. The van der Waals surface area contributed by atoms with Crippen LogP contribution in [0.4, 0.5) is 0 Å². The van der Waals surface area contributed by atoms with Gasteiger partial charge in [0.25, 0.3) is 5.91 Å². The summed E-state index contributed by atoms with van der Waals surface area (Å²) in [5.74, 6) is -0.706. The van der Waals surface area contributed by atoms with Crippen LogP contribution in [0.25, 0.3) is 12.2 Å². The van der Waals surface area contributed by atoms with Crippen LogP contribution in [-0.2, 0) is 4.79 Å². The molecular formula is C16H16N2O4S. The van der Waals surface area contributed by atoms with Crippen LogP contribution in [0, 0.1) is 0 Å². The third-order valence-corrected chi connectivity index (χ3v) is 3.87. The van der Waals surface area contributed by atoms with Gasteiger partial charge in [-0.1, -0.05) is 18.2 Å². The number of amides is 1. The first-order valence-corrected chi connectivity index (χ1v) is 7.66. The monoisotopic (exact) mass is 332 g/mol. The Hall–Kier alpha value is -2.67. The van der Waals surface area contributed by atoms with E-state index in [1.807, 2.05) is 12.1 Å². The van der Waals surface area contributed by atoms with E-state index in [1.54, 1.807) is 31.3 Å². The van der Waals surface area contributed by atoms with Crippen molar-refractivity contribution in [2.24, 2.45) is 0 Å². The van der Waals surface area contributed by atoms with Gasteiger partial charge < -0.3 is 15.2 Å². The Kier molecular flexibility index (Phi) is 5.48. The molecule has 1 atom stereocenters. The normalized spacial score (nSPS) is 12.1. The second kappa shape index (κ2) is 7.55. The van der Waals surface area contributed by atoms with Gasteiger partial charge in [-0.2, -0.15) is 0 Å². The van der Waals surface area contributed by atoms with E-state index in [9.17, 15) is 9.59 Å². The van der Waals surface area contributed by atoms with Crippen molar-refractivity contribution < 1.29 is 19.4 Å². The summed E-state index contributed by atoms with van der Waals surface area (Å²) in [5, 5.41) is 12.1. The Bertz CT molecular complexity index is 739. The predicted molar refractivity (Wildman–Crippen MR) is 88.6 cm³/mol. The number of thiazole rings is 1. The summed E-state index contributed by atoms with van der Waals surface area (Å²) in [6, 6.07) is 7.08. The van der Waals surface area contributed by atoms with Gasteiger partial charge in [0.05, 0.1) is 6.20 Å². The summed E-state index contributed by atoms with van der Waals surface area (Å²) in [6.45, 7) is 1.47. The highest BCUT2D eigenvalue weighted by molar-refractivity contribution is 7.14. The minimum Gasteiger partial charge on any atom is -0.479 e. The third kappa shape index (κ3) is 4.65. The number of rotatable bonds is 6. The quantitative estimate of drug-likeness (QED) is 0.848. The molecule has 0 aliphatic rings. The Labute approximate surface area is 137 Å². The van der Waals surface area contributed by atoms with E-state index in [2.05, 4.69) is 10.3 Å². The van der Waals surface area contributed by atoms with Crippen molar-refractivity contribution in [1.82, 2.24) is 10.3 Å². The van der Waals surface area contributed by atoms with Gasteiger partial charge in [0.15, 0.2) is 6.10 Å². The molecule has 2 rings (SSSR count). The molecule has 7 heteroatoms. The number of carbonyl (C=O) groups excluding carboxylic acids is 1. The van der Waals surface area contributed by atoms with Crippen molar-refractivity contribution in [3.63, 3.8) is 0 Å². The fourth-order valence-electron chi connectivity index (χ4n) is 1.71. The van der Waals surface area contributed by atoms with Crippen LogP contribution in [-0.4, -0.2) is 35.1 Å². The zero-order valence-corrected chi connectivity index (χ0v) is 13.5. The number of aromatic nitrogens is 1. The average Bonchev–Trinajstić information content (AvgIpc) is 3.01. The van der Waals surface area contributed by atoms with Gasteiger partial charge in [-0.25, -0.2) is 9.78 Å². The van der Waals surface area contributed by atoms with E-state index < -0.39 is 12.1 Å². The number of aliphatic carboxylic acids is 1. The Morgan fingerprint density at radius 2 is 2.17 bits per heavy atom. The lowest BCUT2D eigenvalue weighted by Gasteiger charge is -2.10. The third-order valence-electron chi connectivity index (χ3n) is 2.91. The number of benzene rings is 1. The van der Waals surface area contributed by atoms with Crippen molar-refractivity contribution >= 4 is 35.4 Å². The maximum Gasteiger partial charge on any atom is 0.344 e. The van der Waals surface area contributed by atoms with Crippen LogP contribution in [0.1, 0.15) is 27.2 Å². The summed E-state index contributed by atoms with van der Waals surface area (Å²) in [5.41, 5.74) is 0.844. The predicted octanol–water partition coefficient (Wildman–Crippen LogP) is 2.53. The molecule has 1 amide bonds. The van der Waals surface area contributed by atoms with Crippen LogP contribution in [0.5, 0.6) is 5.75 Å². The van der Waals surface area contributed by atoms with Crippen molar-refractivity contribution in [1.29, 1.82) is 0 Å². The SMILES string of the molecule is CNC(=O)c1cnc(C=Cc2cccc(OC(C)C(=O)O)c2)s1. The Morgan fingerprint density at radius 3 is 2.87 bits per heavy atom. The molecule has 6 nitrogen and oxygen atoms in total. The van der Waals surface area contributed by atoms with E-state index in [0.717, 1.165) is 5.56 Å². The van der Waals surface area contributed by atoms with Crippen LogP contribution >= 0.6 is 11.3 Å². The van der Waals surface area contributed by atoms with Gasteiger partial charge in [-0.15, -0.1) is 11.3 Å². The number of ether oxygens (including phenoxy) is 1. The maximum atomic E-state index is 11.5. The molecule has 0 saturated heterocycles. The summed E-state index contributed by atoms with van der Waals surface area (Å²) < 4.78 is 5.32. The molecule has 1 aromatic carbocycles. The molecule has 1 aromatic heterocycles. The molecule has 2 N–H and O–H groups in total. The molecule has 0 fully saturated rings. The summed E-state index contributed by atoms with van der Waals surface area (Å²) in [4.78, 5) is 27.0.